The highest BCUT2D eigenvalue weighted by molar-refractivity contribution is 5.78. The SMILES string of the molecule is Cc1ccc(-c2cc3c4c(c2)[C@@H]2CN(C(=O)OC(C)(C)C)CC[C@@H]2N4C(N)COC3)c(C#N)n1. The van der Waals surface area contributed by atoms with Gasteiger partial charge in [0.15, 0.2) is 0 Å². The lowest BCUT2D eigenvalue weighted by atomic mass is 9.87. The molecule has 1 saturated heterocycles. The van der Waals surface area contributed by atoms with Crippen LogP contribution in [0.1, 0.15) is 55.6 Å². The number of amides is 1. The van der Waals surface area contributed by atoms with Crippen LogP contribution in [0.2, 0.25) is 0 Å². The highest BCUT2D eigenvalue weighted by Crippen LogP contribution is 2.50. The summed E-state index contributed by atoms with van der Waals surface area (Å²) in [6.45, 7) is 9.62. The number of nitriles is 1. The van der Waals surface area contributed by atoms with Gasteiger partial charge in [0, 0.05) is 47.6 Å². The number of pyridine rings is 1. The Hall–Kier alpha value is -3.15. The Labute approximate surface area is 200 Å². The highest BCUT2D eigenvalue weighted by Gasteiger charge is 2.47. The lowest BCUT2D eigenvalue weighted by Crippen LogP contribution is -2.54. The Morgan fingerprint density at radius 1 is 1.32 bits per heavy atom. The quantitative estimate of drug-likeness (QED) is 0.691. The fraction of sp³-hybridized carbons (Fsp3) is 0.500. The van der Waals surface area contributed by atoms with Crippen molar-refractivity contribution in [2.75, 3.05) is 24.6 Å². The van der Waals surface area contributed by atoms with Crippen molar-refractivity contribution in [1.82, 2.24) is 9.88 Å². The molecule has 1 aromatic carbocycles. The van der Waals surface area contributed by atoms with Gasteiger partial charge >= 0.3 is 6.09 Å². The van der Waals surface area contributed by atoms with E-state index in [-0.39, 0.29) is 24.2 Å². The van der Waals surface area contributed by atoms with Crippen LogP contribution in [0, 0.1) is 18.3 Å². The topological polar surface area (TPSA) is 105 Å². The summed E-state index contributed by atoms with van der Waals surface area (Å²) in [6.07, 6.45) is 0.276. The van der Waals surface area contributed by atoms with E-state index in [1.165, 1.54) is 0 Å². The molecule has 0 aliphatic carbocycles. The number of carbonyl (C=O) groups is 1. The van der Waals surface area contributed by atoms with E-state index in [1.54, 1.807) is 0 Å². The summed E-state index contributed by atoms with van der Waals surface area (Å²) >= 11 is 0. The maximum Gasteiger partial charge on any atom is 0.410 e. The van der Waals surface area contributed by atoms with Gasteiger partial charge < -0.3 is 25.0 Å². The summed E-state index contributed by atoms with van der Waals surface area (Å²) in [5.41, 5.74) is 12.3. The number of fused-ring (bicyclic) bond motifs is 3. The first-order valence-corrected chi connectivity index (χ1v) is 11.8. The first-order chi connectivity index (χ1) is 16.2. The van der Waals surface area contributed by atoms with Gasteiger partial charge in [0.2, 0.25) is 0 Å². The number of aromatic nitrogens is 1. The van der Waals surface area contributed by atoms with Gasteiger partial charge in [-0.1, -0.05) is 0 Å². The summed E-state index contributed by atoms with van der Waals surface area (Å²) in [5, 5.41) is 9.71. The minimum absolute atomic E-state index is 0.100. The van der Waals surface area contributed by atoms with Crippen LogP contribution in [0.3, 0.4) is 0 Å². The van der Waals surface area contributed by atoms with Crippen LogP contribution in [0.4, 0.5) is 10.5 Å². The minimum atomic E-state index is -0.541. The van der Waals surface area contributed by atoms with Crippen LogP contribution in [0.15, 0.2) is 24.3 Å². The van der Waals surface area contributed by atoms with Crippen molar-refractivity contribution in [3.8, 4) is 17.2 Å². The molecule has 34 heavy (non-hydrogen) atoms. The number of rotatable bonds is 1. The molecular formula is C26H31N5O3. The molecule has 1 fully saturated rings. The van der Waals surface area contributed by atoms with E-state index in [2.05, 4.69) is 28.1 Å². The average molecular weight is 462 g/mol. The number of hydrogen-bond acceptors (Lipinski definition) is 7. The Morgan fingerprint density at radius 2 is 2.12 bits per heavy atom. The number of aryl methyl sites for hydroxylation is 1. The van der Waals surface area contributed by atoms with Gasteiger partial charge in [-0.05, 0) is 69.5 Å². The van der Waals surface area contributed by atoms with Crippen molar-refractivity contribution in [3.05, 3.63) is 46.8 Å². The van der Waals surface area contributed by atoms with E-state index in [9.17, 15) is 10.1 Å². The van der Waals surface area contributed by atoms with Crippen LogP contribution in [-0.2, 0) is 16.1 Å². The van der Waals surface area contributed by atoms with Gasteiger partial charge in [0.05, 0.1) is 13.2 Å². The first-order valence-electron chi connectivity index (χ1n) is 11.8. The van der Waals surface area contributed by atoms with Gasteiger partial charge in [-0.15, -0.1) is 0 Å². The Balaban J connectivity index is 1.59. The number of anilines is 1. The third-order valence-corrected chi connectivity index (χ3v) is 6.82. The largest absolute Gasteiger partial charge is 0.444 e. The number of likely N-dealkylation sites (tertiary alicyclic amines) is 1. The second-order valence-electron chi connectivity index (χ2n) is 10.4. The Morgan fingerprint density at radius 3 is 2.85 bits per heavy atom. The summed E-state index contributed by atoms with van der Waals surface area (Å²) < 4.78 is 11.6. The Kier molecular flexibility index (Phi) is 5.50. The monoisotopic (exact) mass is 461 g/mol. The lowest BCUT2D eigenvalue weighted by Gasteiger charge is -2.40. The van der Waals surface area contributed by atoms with Crippen LogP contribution in [-0.4, -0.2) is 53.5 Å². The molecule has 0 spiro atoms. The molecule has 3 aliphatic rings. The van der Waals surface area contributed by atoms with Crippen molar-refractivity contribution in [3.63, 3.8) is 0 Å². The van der Waals surface area contributed by atoms with Gasteiger partial charge in [0.1, 0.15) is 23.5 Å². The van der Waals surface area contributed by atoms with Crippen molar-refractivity contribution in [2.45, 2.75) is 64.4 Å². The number of hydrogen-bond donors (Lipinski definition) is 1. The molecule has 3 atom stereocenters. The smallest absolute Gasteiger partial charge is 0.410 e. The second-order valence-corrected chi connectivity index (χ2v) is 10.4. The maximum absolute atomic E-state index is 12.9. The normalized spacial score (nSPS) is 23.6. The Bertz CT molecular complexity index is 1180. The van der Waals surface area contributed by atoms with Crippen LogP contribution < -0.4 is 10.6 Å². The number of piperidine rings is 1. The summed E-state index contributed by atoms with van der Waals surface area (Å²) in [5.74, 6) is 0.100. The lowest BCUT2D eigenvalue weighted by molar-refractivity contribution is 0.0185. The molecule has 0 radical (unpaired) electrons. The van der Waals surface area contributed by atoms with E-state index in [4.69, 9.17) is 15.2 Å². The summed E-state index contributed by atoms with van der Waals surface area (Å²) in [7, 11) is 0. The van der Waals surface area contributed by atoms with Crippen LogP contribution in [0.25, 0.3) is 11.1 Å². The van der Waals surface area contributed by atoms with E-state index in [1.807, 2.05) is 44.7 Å². The molecule has 1 amide bonds. The molecule has 8 heteroatoms. The maximum atomic E-state index is 12.9. The molecule has 2 N–H and O–H groups in total. The van der Waals surface area contributed by atoms with Crippen molar-refractivity contribution in [2.24, 2.45) is 5.73 Å². The molecule has 2 aromatic rings. The average Bonchev–Trinajstić information content (AvgIpc) is 3.01. The van der Waals surface area contributed by atoms with Crippen LogP contribution in [0.5, 0.6) is 0 Å². The zero-order valence-electron chi connectivity index (χ0n) is 20.2. The van der Waals surface area contributed by atoms with Gasteiger partial charge in [-0.2, -0.15) is 5.26 Å². The predicted molar refractivity (Wildman–Crippen MR) is 128 cm³/mol. The number of nitrogens with two attached hydrogens (primary N) is 1. The summed E-state index contributed by atoms with van der Waals surface area (Å²) in [6, 6.07) is 10.6. The standard InChI is InChI=1S/C26H31N5O3/c1-15-5-6-18(21(11-27)29-15)16-9-17-13-33-14-23(28)31-22-7-8-30(25(32)34-26(2,3)4)12-20(22)19(10-16)24(17)31/h5-6,9-10,20,22-23H,7-8,12-14,28H2,1-4H3/t20-,22-,23?/m0/s1. The highest BCUT2D eigenvalue weighted by atomic mass is 16.6. The molecule has 178 valence electrons. The minimum Gasteiger partial charge on any atom is -0.444 e. The van der Waals surface area contributed by atoms with Crippen LogP contribution >= 0.6 is 0 Å². The number of nitrogens with zero attached hydrogens (tertiary/aromatic N) is 4. The number of carbonyl (C=O) groups excluding carboxylic acids is 1. The fourth-order valence-corrected chi connectivity index (χ4v) is 5.48. The second kappa shape index (κ2) is 8.26. The van der Waals surface area contributed by atoms with E-state index >= 15 is 0 Å². The zero-order chi connectivity index (χ0) is 24.2. The van der Waals surface area contributed by atoms with Gasteiger partial charge in [-0.3, -0.25) is 0 Å². The van der Waals surface area contributed by atoms with Crippen molar-refractivity contribution in [1.29, 1.82) is 5.26 Å². The molecular weight excluding hydrogens is 430 g/mol. The fourth-order valence-electron chi connectivity index (χ4n) is 5.48. The third-order valence-electron chi connectivity index (χ3n) is 6.82. The molecule has 4 heterocycles. The predicted octanol–water partition coefficient (Wildman–Crippen LogP) is 3.66. The zero-order valence-corrected chi connectivity index (χ0v) is 20.2. The van der Waals surface area contributed by atoms with Gasteiger partial charge in [-0.25, -0.2) is 9.78 Å². The number of ether oxygens (including phenoxy) is 2. The molecule has 3 aliphatic heterocycles. The van der Waals surface area contributed by atoms with E-state index < -0.39 is 5.60 Å². The number of benzene rings is 1. The van der Waals surface area contributed by atoms with Gasteiger partial charge in [0.25, 0.3) is 0 Å². The van der Waals surface area contributed by atoms with Crippen molar-refractivity contribution >= 4 is 11.8 Å². The molecule has 1 aromatic heterocycles. The molecule has 0 saturated carbocycles. The molecule has 1 unspecified atom stereocenters. The molecule has 0 bridgehead atoms. The first kappa shape index (κ1) is 22.6. The van der Waals surface area contributed by atoms with Crippen molar-refractivity contribution < 1.29 is 14.3 Å². The summed E-state index contributed by atoms with van der Waals surface area (Å²) in [4.78, 5) is 21.4. The molecule has 5 rings (SSSR count). The molecule has 8 nitrogen and oxygen atoms in total. The third kappa shape index (κ3) is 3.89. The van der Waals surface area contributed by atoms with E-state index in [0.717, 1.165) is 40.1 Å². The van der Waals surface area contributed by atoms with E-state index in [0.29, 0.717) is 32.0 Å².